The molecular weight excluding hydrogens is 327 g/mol. The predicted octanol–water partition coefficient (Wildman–Crippen LogP) is 3.30. The van der Waals surface area contributed by atoms with E-state index in [-0.39, 0.29) is 16.1 Å². The smallest absolute Gasteiger partial charge is 0.221 e. The van der Waals surface area contributed by atoms with Crippen molar-refractivity contribution in [2.75, 3.05) is 5.73 Å². The first-order chi connectivity index (χ1) is 9.63. The molecule has 2 aromatic heterocycles. The van der Waals surface area contributed by atoms with Crippen molar-refractivity contribution in [1.82, 2.24) is 15.0 Å². The van der Waals surface area contributed by atoms with Crippen LogP contribution >= 0.6 is 15.9 Å². The Labute approximate surface area is 121 Å². The lowest BCUT2D eigenvalue weighted by Gasteiger charge is -2.08. The molecule has 0 saturated heterocycles. The van der Waals surface area contributed by atoms with Crippen molar-refractivity contribution in [3.05, 3.63) is 46.9 Å². The molecule has 0 unspecified atom stereocenters. The molecule has 0 atom stereocenters. The fourth-order valence-electron chi connectivity index (χ4n) is 1.64. The van der Waals surface area contributed by atoms with Crippen molar-refractivity contribution in [1.29, 1.82) is 0 Å². The summed E-state index contributed by atoms with van der Waals surface area (Å²) in [6, 6.07) is 5.97. The summed E-state index contributed by atoms with van der Waals surface area (Å²) in [4.78, 5) is 12.4. The number of rotatable bonds is 2. The minimum atomic E-state index is -0.463. The molecule has 5 nitrogen and oxygen atoms in total. The Morgan fingerprint density at radius 3 is 2.80 bits per heavy atom. The van der Waals surface area contributed by atoms with Crippen molar-refractivity contribution in [2.24, 2.45) is 0 Å². The van der Waals surface area contributed by atoms with E-state index in [0.717, 1.165) is 0 Å². The Kier molecular flexibility index (Phi) is 3.19. The van der Waals surface area contributed by atoms with Gasteiger partial charge in [-0.05, 0) is 28.1 Å². The molecule has 0 spiro atoms. The summed E-state index contributed by atoms with van der Waals surface area (Å²) in [5, 5.41) is 0. The number of hydrogen-bond donors (Lipinski definition) is 1. The Morgan fingerprint density at radius 1 is 1.15 bits per heavy atom. The van der Waals surface area contributed by atoms with Crippen LogP contribution in [0.2, 0.25) is 0 Å². The van der Waals surface area contributed by atoms with Gasteiger partial charge in [0.25, 0.3) is 0 Å². The lowest BCUT2D eigenvalue weighted by atomic mass is 10.3. The summed E-state index contributed by atoms with van der Waals surface area (Å²) in [6.07, 6.45) is 3.11. The normalized spacial score (nSPS) is 10.7. The molecule has 0 fully saturated rings. The second kappa shape index (κ2) is 5.01. The average molecular weight is 335 g/mol. The van der Waals surface area contributed by atoms with Gasteiger partial charge < -0.3 is 10.5 Å². The molecule has 0 bridgehead atoms. The van der Waals surface area contributed by atoms with Gasteiger partial charge in [0.05, 0.1) is 10.2 Å². The van der Waals surface area contributed by atoms with E-state index in [1.807, 2.05) is 0 Å². The monoisotopic (exact) mass is 334 g/mol. The standard InChI is InChI=1S/C13H8BrFN4O/c14-7-5-9(16)11(6-8(7)15)20-12-2-1-10-13(19-12)18-4-3-17-10/h1-6H,16H2. The van der Waals surface area contributed by atoms with E-state index in [9.17, 15) is 4.39 Å². The molecule has 0 aliphatic carbocycles. The maximum atomic E-state index is 13.5. The number of fused-ring (bicyclic) bond motifs is 1. The van der Waals surface area contributed by atoms with Gasteiger partial charge in [0.15, 0.2) is 11.4 Å². The largest absolute Gasteiger partial charge is 0.437 e. The third-order valence-electron chi connectivity index (χ3n) is 2.57. The van der Waals surface area contributed by atoms with Crippen LogP contribution in [0.3, 0.4) is 0 Å². The first-order valence-corrected chi connectivity index (χ1v) is 6.43. The van der Waals surface area contributed by atoms with E-state index in [1.165, 1.54) is 18.3 Å². The van der Waals surface area contributed by atoms with Crippen molar-refractivity contribution in [3.63, 3.8) is 0 Å². The Hall–Kier alpha value is -2.28. The zero-order valence-electron chi connectivity index (χ0n) is 10.0. The van der Waals surface area contributed by atoms with Gasteiger partial charge in [-0.3, -0.25) is 4.98 Å². The molecule has 20 heavy (non-hydrogen) atoms. The molecule has 2 heterocycles. The molecule has 0 radical (unpaired) electrons. The number of nitrogen functional groups attached to an aromatic ring is 1. The molecule has 0 aliphatic heterocycles. The van der Waals surface area contributed by atoms with E-state index in [1.54, 1.807) is 18.3 Å². The van der Waals surface area contributed by atoms with Crippen molar-refractivity contribution < 1.29 is 9.13 Å². The summed E-state index contributed by atoms with van der Waals surface area (Å²) in [6.45, 7) is 0. The number of nitrogens with two attached hydrogens (primary N) is 1. The maximum absolute atomic E-state index is 13.5. The number of benzene rings is 1. The van der Waals surface area contributed by atoms with E-state index in [0.29, 0.717) is 16.9 Å². The van der Waals surface area contributed by atoms with Gasteiger partial charge in [-0.2, -0.15) is 4.98 Å². The topological polar surface area (TPSA) is 73.9 Å². The van der Waals surface area contributed by atoms with Gasteiger partial charge >= 0.3 is 0 Å². The van der Waals surface area contributed by atoms with Crippen molar-refractivity contribution in [2.45, 2.75) is 0 Å². The SMILES string of the molecule is Nc1cc(Br)c(F)cc1Oc1ccc2nccnc2n1. The van der Waals surface area contributed by atoms with Crippen LogP contribution in [0.25, 0.3) is 11.2 Å². The molecule has 0 aliphatic rings. The molecule has 0 amide bonds. The average Bonchev–Trinajstić information content (AvgIpc) is 2.44. The molecule has 7 heteroatoms. The Morgan fingerprint density at radius 2 is 1.95 bits per heavy atom. The highest BCUT2D eigenvalue weighted by Crippen LogP contribution is 2.31. The number of nitrogens with zero attached hydrogens (tertiary/aromatic N) is 3. The van der Waals surface area contributed by atoms with Gasteiger partial charge in [0, 0.05) is 24.5 Å². The second-order valence-corrected chi connectivity index (χ2v) is 4.81. The molecule has 3 aromatic rings. The number of ether oxygens (including phenoxy) is 1. The van der Waals surface area contributed by atoms with E-state index in [4.69, 9.17) is 10.5 Å². The Balaban J connectivity index is 1.99. The third kappa shape index (κ3) is 2.39. The van der Waals surface area contributed by atoms with Crippen LogP contribution in [0.5, 0.6) is 11.6 Å². The number of anilines is 1. The number of hydrogen-bond acceptors (Lipinski definition) is 5. The van der Waals surface area contributed by atoms with E-state index >= 15 is 0 Å². The lowest BCUT2D eigenvalue weighted by Crippen LogP contribution is -1.96. The molecule has 0 saturated carbocycles. The highest BCUT2D eigenvalue weighted by molar-refractivity contribution is 9.10. The van der Waals surface area contributed by atoms with Crippen LogP contribution in [-0.4, -0.2) is 15.0 Å². The van der Waals surface area contributed by atoms with Gasteiger partial charge in [0.1, 0.15) is 11.3 Å². The fourth-order valence-corrected chi connectivity index (χ4v) is 2.00. The quantitative estimate of drug-likeness (QED) is 0.728. The zero-order chi connectivity index (χ0) is 14.1. The van der Waals surface area contributed by atoms with Gasteiger partial charge in [-0.1, -0.05) is 0 Å². The van der Waals surface area contributed by atoms with Crippen LogP contribution in [0.15, 0.2) is 41.1 Å². The third-order valence-corrected chi connectivity index (χ3v) is 3.18. The van der Waals surface area contributed by atoms with Crippen LogP contribution < -0.4 is 10.5 Å². The van der Waals surface area contributed by atoms with E-state index < -0.39 is 5.82 Å². The molecule has 2 N–H and O–H groups in total. The number of pyridine rings is 1. The first kappa shape index (κ1) is 12.7. The van der Waals surface area contributed by atoms with Crippen molar-refractivity contribution in [3.8, 4) is 11.6 Å². The second-order valence-electron chi connectivity index (χ2n) is 3.95. The predicted molar refractivity (Wildman–Crippen MR) is 75.9 cm³/mol. The zero-order valence-corrected chi connectivity index (χ0v) is 11.6. The molecule has 3 rings (SSSR count). The van der Waals surface area contributed by atoms with Gasteiger partial charge in [0.2, 0.25) is 5.88 Å². The maximum Gasteiger partial charge on any atom is 0.221 e. The van der Waals surface area contributed by atoms with Crippen LogP contribution in [0.4, 0.5) is 10.1 Å². The van der Waals surface area contributed by atoms with Gasteiger partial charge in [-0.15, -0.1) is 0 Å². The highest BCUT2D eigenvalue weighted by atomic mass is 79.9. The van der Waals surface area contributed by atoms with Crippen LogP contribution in [0.1, 0.15) is 0 Å². The molecule has 100 valence electrons. The summed E-state index contributed by atoms with van der Waals surface area (Å²) in [7, 11) is 0. The van der Waals surface area contributed by atoms with Gasteiger partial charge in [-0.25, -0.2) is 9.37 Å². The lowest BCUT2D eigenvalue weighted by molar-refractivity contribution is 0.461. The van der Waals surface area contributed by atoms with Crippen molar-refractivity contribution >= 4 is 32.8 Å². The summed E-state index contributed by atoms with van der Waals surface area (Å²) in [5.41, 5.74) is 7.17. The minimum Gasteiger partial charge on any atom is -0.437 e. The highest BCUT2D eigenvalue weighted by Gasteiger charge is 2.09. The minimum absolute atomic E-state index is 0.196. The summed E-state index contributed by atoms with van der Waals surface area (Å²) in [5.74, 6) is 0.00245. The fraction of sp³-hybridized carbons (Fsp3) is 0. The summed E-state index contributed by atoms with van der Waals surface area (Å²) < 4.78 is 19.3. The Bertz CT molecular complexity index is 796. The molecule has 1 aromatic carbocycles. The van der Waals surface area contributed by atoms with E-state index in [2.05, 4.69) is 30.9 Å². The summed E-state index contributed by atoms with van der Waals surface area (Å²) >= 11 is 3.05. The number of aromatic nitrogens is 3. The van der Waals surface area contributed by atoms with Crippen LogP contribution in [0, 0.1) is 5.82 Å². The molecular formula is C13H8BrFN4O. The first-order valence-electron chi connectivity index (χ1n) is 5.63. The van der Waals surface area contributed by atoms with Crippen LogP contribution in [-0.2, 0) is 0 Å². The number of halogens is 2.